The highest BCUT2D eigenvalue weighted by Crippen LogP contribution is 2.52. The minimum atomic E-state index is 0.152. The van der Waals surface area contributed by atoms with Gasteiger partial charge in [-0.1, -0.05) is 20.8 Å². The first-order chi connectivity index (χ1) is 7.04. The summed E-state index contributed by atoms with van der Waals surface area (Å²) >= 11 is 1.50. The van der Waals surface area contributed by atoms with Gasteiger partial charge in [-0.2, -0.15) is 0 Å². The third-order valence-corrected chi connectivity index (χ3v) is 3.83. The van der Waals surface area contributed by atoms with Gasteiger partial charge in [0.15, 0.2) is 0 Å². The van der Waals surface area contributed by atoms with Crippen LogP contribution in [0.3, 0.4) is 0 Å². The predicted molar refractivity (Wildman–Crippen MR) is 62.0 cm³/mol. The van der Waals surface area contributed by atoms with E-state index in [1.165, 1.54) is 11.3 Å². The zero-order valence-corrected chi connectivity index (χ0v) is 10.1. The van der Waals surface area contributed by atoms with Gasteiger partial charge in [0, 0.05) is 5.92 Å². The highest BCUT2D eigenvalue weighted by Gasteiger charge is 2.50. The molecule has 0 saturated heterocycles. The Kier molecular flexibility index (Phi) is 2.54. The number of amides is 1. The second kappa shape index (κ2) is 3.59. The number of anilines is 1. The van der Waals surface area contributed by atoms with Crippen LogP contribution in [0.4, 0.5) is 5.00 Å². The van der Waals surface area contributed by atoms with Gasteiger partial charge in [-0.3, -0.25) is 4.79 Å². The third kappa shape index (κ3) is 2.04. The maximum Gasteiger partial charge on any atom is 0.228 e. The molecule has 1 heterocycles. The lowest BCUT2D eigenvalue weighted by Crippen LogP contribution is -2.16. The van der Waals surface area contributed by atoms with E-state index < -0.39 is 0 Å². The number of hydrogen-bond donors (Lipinski definition) is 1. The van der Waals surface area contributed by atoms with E-state index in [4.69, 9.17) is 0 Å². The smallest absolute Gasteiger partial charge is 0.228 e. The zero-order valence-electron chi connectivity index (χ0n) is 9.33. The van der Waals surface area contributed by atoms with Gasteiger partial charge in [0.25, 0.3) is 0 Å². The standard InChI is InChI=1S/C11H16N2OS/c1-4-8-10(15-6-12-8)13-9(14)7-5-11(7,2)3/h6-7H,4-5H2,1-3H3,(H,13,14)/t7-/m1/s1. The topological polar surface area (TPSA) is 42.0 Å². The summed E-state index contributed by atoms with van der Waals surface area (Å²) in [5.74, 6) is 0.336. The van der Waals surface area contributed by atoms with Gasteiger partial charge >= 0.3 is 0 Å². The van der Waals surface area contributed by atoms with Crippen LogP contribution in [0.25, 0.3) is 0 Å². The minimum Gasteiger partial charge on any atom is -0.316 e. The maximum atomic E-state index is 11.8. The molecule has 0 spiro atoms. The van der Waals surface area contributed by atoms with Crippen LogP contribution in [-0.4, -0.2) is 10.9 Å². The summed E-state index contributed by atoms with van der Waals surface area (Å²) in [6.45, 7) is 6.31. The fourth-order valence-corrected chi connectivity index (χ4v) is 2.51. The highest BCUT2D eigenvalue weighted by molar-refractivity contribution is 7.14. The molecule has 0 unspecified atom stereocenters. The molecule has 1 aliphatic carbocycles. The van der Waals surface area contributed by atoms with E-state index in [9.17, 15) is 4.79 Å². The number of nitrogens with one attached hydrogen (secondary N) is 1. The van der Waals surface area contributed by atoms with Crippen molar-refractivity contribution in [1.29, 1.82) is 0 Å². The first-order valence-corrected chi connectivity index (χ1v) is 6.16. The van der Waals surface area contributed by atoms with Crippen molar-refractivity contribution in [2.24, 2.45) is 11.3 Å². The lowest BCUT2D eigenvalue weighted by molar-refractivity contribution is -0.117. The van der Waals surface area contributed by atoms with E-state index in [2.05, 4.69) is 24.1 Å². The number of thiazole rings is 1. The largest absolute Gasteiger partial charge is 0.316 e. The van der Waals surface area contributed by atoms with Crippen LogP contribution in [-0.2, 0) is 11.2 Å². The number of carbonyl (C=O) groups excluding carboxylic acids is 1. The first-order valence-electron chi connectivity index (χ1n) is 5.28. The molecule has 3 nitrogen and oxygen atoms in total. The fourth-order valence-electron chi connectivity index (χ4n) is 1.74. The number of aromatic nitrogens is 1. The Morgan fingerprint density at radius 1 is 1.73 bits per heavy atom. The van der Waals surface area contributed by atoms with E-state index in [1.54, 1.807) is 5.51 Å². The quantitative estimate of drug-likeness (QED) is 0.857. The normalized spacial score (nSPS) is 22.5. The number of carbonyl (C=O) groups is 1. The Hall–Kier alpha value is -0.900. The molecule has 0 aliphatic heterocycles. The molecule has 1 atom stereocenters. The molecule has 15 heavy (non-hydrogen) atoms. The van der Waals surface area contributed by atoms with Crippen LogP contribution in [0.1, 0.15) is 32.9 Å². The van der Waals surface area contributed by atoms with Gasteiger partial charge in [0.1, 0.15) is 5.00 Å². The second-order valence-corrected chi connectivity index (χ2v) is 5.57. The monoisotopic (exact) mass is 224 g/mol. The molecule has 1 saturated carbocycles. The summed E-state index contributed by atoms with van der Waals surface area (Å²) in [6, 6.07) is 0. The first kappa shape index (κ1) is 10.6. The average Bonchev–Trinajstić information content (AvgIpc) is 2.60. The average molecular weight is 224 g/mol. The second-order valence-electron chi connectivity index (χ2n) is 4.72. The summed E-state index contributed by atoms with van der Waals surface area (Å²) in [5.41, 5.74) is 2.97. The molecule has 1 aliphatic rings. The number of nitrogens with zero attached hydrogens (tertiary/aromatic N) is 1. The molecule has 0 bridgehead atoms. The maximum absolute atomic E-state index is 11.8. The van der Waals surface area contributed by atoms with Crippen molar-refractivity contribution in [3.63, 3.8) is 0 Å². The van der Waals surface area contributed by atoms with Gasteiger partial charge < -0.3 is 5.32 Å². The summed E-state index contributed by atoms with van der Waals surface area (Å²) in [7, 11) is 0. The van der Waals surface area contributed by atoms with Crippen LogP contribution in [0.2, 0.25) is 0 Å². The molecule has 0 aromatic carbocycles. The van der Waals surface area contributed by atoms with Crippen LogP contribution >= 0.6 is 11.3 Å². The van der Waals surface area contributed by atoms with Gasteiger partial charge in [-0.15, -0.1) is 11.3 Å². The van der Waals surface area contributed by atoms with Crippen molar-refractivity contribution in [1.82, 2.24) is 4.98 Å². The van der Waals surface area contributed by atoms with E-state index in [-0.39, 0.29) is 17.2 Å². The minimum absolute atomic E-state index is 0.152. The van der Waals surface area contributed by atoms with Crippen LogP contribution < -0.4 is 5.32 Å². The van der Waals surface area contributed by atoms with E-state index in [0.717, 1.165) is 23.5 Å². The van der Waals surface area contributed by atoms with Gasteiger partial charge in [-0.25, -0.2) is 4.98 Å². The molecular weight excluding hydrogens is 208 g/mol. The van der Waals surface area contributed by atoms with Crippen molar-refractivity contribution in [3.05, 3.63) is 11.2 Å². The molecule has 1 aromatic rings. The Morgan fingerprint density at radius 3 is 2.93 bits per heavy atom. The number of aryl methyl sites for hydroxylation is 1. The molecule has 4 heteroatoms. The zero-order chi connectivity index (χ0) is 11.1. The number of hydrogen-bond acceptors (Lipinski definition) is 3. The van der Waals surface area contributed by atoms with Gasteiger partial charge in [0.05, 0.1) is 11.2 Å². The fraction of sp³-hybridized carbons (Fsp3) is 0.636. The molecule has 1 aromatic heterocycles. The van der Waals surface area contributed by atoms with E-state index in [0.29, 0.717) is 0 Å². The Labute approximate surface area is 93.9 Å². The number of rotatable bonds is 3. The summed E-state index contributed by atoms with van der Waals surface area (Å²) in [6.07, 6.45) is 1.87. The van der Waals surface area contributed by atoms with Crippen LogP contribution in [0.15, 0.2) is 5.51 Å². The summed E-state index contributed by atoms with van der Waals surface area (Å²) in [4.78, 5) is 16.0. The van der Waals surface area contributed by atoms with Gasteiger partial charge in [0.2, 0.25) is 5.91 Å². The van der Waals surface area contributed by atoms with Crippen molar-refractivity contribution in [2.75, 3.05) is 5.32 Å². The van der Waals surface area contributed by atoms with Crippen molar-refractivity contribution >= 4 is 22.2 Å². The lowest BCUT2D eigenvalue weighted by atomic mass is 10.1. The van der Waals surface area contributed by atoms with Crippen molar-refractivity contribution in [3.8, 4) is 0 Å². The molecule has 1 amide bonds. The summed E-state index contributed by atoms with van der Waals surface area (Å²) < 4.78 is 0. The van der Waals surface area contributed by atoms with Crippen LogP contribution in [0.5, 0.6) is 0 Å². The van der Waals surface area contributed by atoms with E-state index in [1.807, 2.05) is 6.92 Å². The van der Waals surface area contributed by atoms with E-state index >= 15 is 0 Å². The predicted octanol–water partition coefficient (Wildman–Crippen LogP) is 2.69. The third-order valence-electron chi connectivity index (χ3n) is 3.04. The molecule has 2 rings (SSSR count). The van der Waals surface area contributed by atoms with Crippen molar-refractivity contribution in [2.45, 2.75) is 33.6 Å². The lowest BCUT2D eigenvalue weighted by Gasteiger charge is -2.05. The Bertz CT molecular complexity index is 384. The Morgan fingerprint density at radius 2 is 2.40 bits per heavy atom. The van der Waals surface area contributed by atoms with Crippen LogP contribution in [0, 0.1) is 11.3 Å². The Balaban J connectivity index is 2.01. The highest BCUT2D eigenvalue weighted by atomic mass is 32.1. The molecule has 82 valence electrons. The molecule has 1 N–H and O–H groups in total. The van der Waals surface area contributed by atoms with Gasteiger partial charge in [-0.05, 0) is 18.3 Å². The molecular formula is C11H16N2OS. The SMILES string of the molecule is CCc1ncsc1NC(=O)[C@H]1CC1(C)C. The van der Waals surface area contributed by atoms with Crippen molar-refractivity contribution < 1.29 is 4.79 Å². The summed E-state index contributed by atoms with van der Waals surface area (Å²) in [5, 5.41) is 3.90. The molecule has 1 fully saturated rings. The molecule has 0 radical (unpaired) electrons.